The molecule has 1 N–H and O–H groups in total. The standard InChI is InChI=1S/C29H37BrN2O.C2H4/c1-3-9-25(12-7-18-32-21-19-31(2)20-22-32)29(26-14-16-27(30)17-15-26)28(13-8-23-33)24-10-5-4-6-11-24;1-2/h4-7,9-12,14-17,33H,3,8,13,18-23H2,1-2H3;1-2H2/b12-7-,25-9+,29-28+;. The summed E-state index contributed by atoms with van der Waals surface area (Å²) in [6.45, 7) is 13.9. The van der Waals surface area contributed by atoms with E-state index < -0.39 is 0 Å². The summed E-state index contributed by atoms with van der Waals surface area (Å²) in [5, 5.41) is 9.63. The Morgan fingerprint density at radius 3 is 2.23 bits per heavy atom. The number of likely N-dealkylation sites (N-methyl/N-ethyl adjacent to an activating group) is 1. The molecule has 0 amide bonds. The van der Waals surface area contributed by atoms with Crippen LogP contribution in [0.15, 0.2) is 96.0 Å². The largest absolute Gasteiger partial charge is 0.396 e. The normalized spacial score (nSPS) is 16.1. The van der Waals surface area contributed by atoms with Crippen LogP contribution in [0.5, 0.6) is 0 Å². The van der Waals surface area contributed by atoms with E-state index in [9.17, 15) is 5.11 Å². The van der Waals surface area contributed by atoms with E-state index in [-0.39, 0.29) is 6.61 Å². The summed E-state index contributed by atoms with van der Waals surface area (Å²) in [4.78, 5) is 4.91. The number of aliphatic hydroxyl groups excluding tert-OH is 1. The molecule has 0 aliphatic carbocycles. The molecule has 1 aliphatic rings. The van der Waals surface area contributed by atoms with Gasteiger partial charge in [0.2, 0.25) is 0 Å². The molecule has 0 radical (unpaired) electrons. The second-order valence-electron chi connectivity index (χ2n) is 8.63. The van der Waals surface area contributed by atoms with E-state index in [0.29, 0.717) is 0 Å². The lowest BCUT2D eigenvalue weighted by Crippen LogP contribution is -2.44. The number of benzene rings is 2. The molecule has 0 aromatic heterocycles. The quantitative estimate of drug-likeness (QED) is 0.199. The van der Waals surface area contributed by atoms with E-state index in [1.54, 1.807) is 0 Å². The lowest BCUT2D eigenvalue weighted by molar-refractivity contribution is 0.166. The van der Waals surface area contributed by atoms with E-state index in [2.05, 4.69) is 126 Å². The van der Waals surface area contributed by atoms with Gasteiger partial charge in [0.05, 0.1) is 0 Å². The fraction of sp³-hybridized carbons (Fsp3) is 0.355. The Morgan fingerprint density at radius 2 is 1.63 bits per heavy atom. The zero-order valence-electron chi connectivity index (χ0n) is 21.4. The molecule has 1 saturated heterocycles. The number of nitrogens with zero attached hydrogens (tertiary/aromatic N) is 2. The molecule has 35 heavy (non-hydrogen) atoms. The number of piperazine rings is 1. The molecular formula is C31H41BrN2O. The van der Waals surface area contributed by atoms with Crippen LogP contribution < -0.4 is 0 Å². The molecule has 0 saturated carbocycles. The minimum atomic E-state index is 0.190. The summed E-state index contributed by atoms with van der Waals surface area (Å²) in [7, 11) is 2.20. The number of hydrogen-bond acceptors (Lipinski definition) is 3. The van der Waals surface area contributed by atoms with Crippen LogP contribution in [0.25, 0.3) is 11.1 Å². The maximum atomic E-state index is 9.63. The minimum Gasteiger partial charge on any atom is -0.396 e. The van der Waals surface area contributed by atoms with Crippen LogP contribution in [0.4, 0.5) is 0 Å². The van der Waals surface area contributed by atoms with Crippen LogP contribution in [0.3, 0.4) is 0 Å². The van der Waals surface area contributed by atoms with Crippen molar-refractivity contribution in [2.45, 2.75) is 26.2 Å². The Hall–Kier alpha value is -2.24. The van der Waals surface area contributed by atoms with Gasteiger partial charge in [0.15, 0.2) is 0 Å². The summed E-state index contributed by atoms with van der Waals surface area (Å²) in [6, 6.07) is 19.2. The molecule has 0 atom stereocenters. The second-order valence-corrected chi connectivity index (χ2v) is 9.54. The van der Waals surface area contributed by atoms with Crippen molar-refractivity contribution >= 4 is 27.1 Å². The molecule has 3 nitrogen and oxygen atoms in total. The molecule has 188 valence electrons. The molecule has 1 heterocycles. The maximum Gasteiger partial charge on any atom is 0.0434 e. The molecule has 1 aliphatic heterocycles. The van der Waals surface area contributed by atoms with Gasteiger partial charge in [0, 0.05) is 43.8 Å². The van der Waals surface area contributed by atoms with Gasteiger partial charge in [0.25, 0.3) is 0 Å². The van der Waals surface area contributed by atoms with Crippen molar-refractivity contribution in [3.8, 4) is 0 Å². The Labute approximate surface area is 221 Å². The van der Waals surface area contributed by atoms with Crippen LogP contribution in [0.1, 0.15) is 37.3 Å². The lowest BCUT2D eigenvalue weighted by Gasteiger charge is -2.31. The third kappa shape index (κ3) is 9.38. The van der Waals surface area contributed by atoms with Crippen molar-refractivity contribution in [3.63, 3.8) is 0 Å². The number of hydrogen-bond donors (Lipinski definition) is 1. The Kier molecular flexibility index (Phi) is 13.6. The third-order valence-electron chi connectivity index (χ3n) is 6.11. The molecule has 3 rings (SSSR count). The van der Waals surface area contributed by atoms with Gasteiger partial charge in [0.1, 0.15) is 0 Å². The van der Waals surface area contributed by atoms with Gasteiger partial charge in [-0.3, -0.25) is 4.90 Å². The zero-order valence-corrected chi connectivity index (χ0v) is 23.0. The van der Waals surface area contributed by atoms with E-state index in [0.717, 1.165) is 56.5 Å². The van der Waals surface area contributed by atoms with E-state index in [1.165, 1.54) is 27.8 Å². The van der Waals surface area contributed by atoms with Gasteiger partial charge < -0.3 is 10.0 Å². The van der Waals surface area contributed by atoms with Gasteiger partial charge in [-0.1, -0.05) is 83.5 Å². The third-order valence-corrected chi connectivity index (χ3v) is 6.64. The maximum absolute atomic E-state index is 9.63. The first kappa shape index (κ1) is 29.0. The molecule has 1 fully saturated rings. The predicted molar refractivity (Wildman–Crippen MR) is 156 cm³/mol. The predicted octanol–water partition coefficient (Wildman–Crippen LogP) is 7.07. The first-order chi connectivity index (χ1) is 17.1. The van der Waals surface area contributed by atoms with Crippen LogP contribution in [-0.4, -0.2) is 61.3 Å². The van der Waals surface area contributed by atoms with E-state index >= 15 is 0 Å². The van der Waals surface area contributed by atoms with E-state index in [4.69, 9.17) is 0 Å². The van der Waals surface area contributed by atoms with Crippen molar-refractivity contribution < 1.29 is 5.11 Å². The van der Waals surface area contributed by atoms with Gasteiger partial charge >= 0.3 is 0 Å². The molecular weight excluding hydrogens is 496 g/mol. The van der Waals surface area contributed by atoms with Gasteiger partial charge in [-0.05, 0) is 66.3 Å². The van der Waals surface area contributed by atoms with E-state index in [1.807, 2.05) is 0 Å². The highest BCUT2D eigenvalue weighted by Crippen LogP contribution is 2.36. The first-order valence-electron chi connectivity index (χ1n) is 12.6. The van der Waals surface area contributed by atoms with Crippen LogP contribution in [0.2, 0.25) is 0 Å². The number of allylic oxidation sites excluding steroid dienone is 5. The molecule has 2 aromatic carbocycles. The second kappa shape index (κ2) is 16.4. The van der Waals surface area contributed by atoms with Crippen LogP contribution in [-0.2, 0) is 0 Å². The van der Waals surface area contributed by atoms with Gasteiger partial charge in [-0.2, -0.15) is 0 Å². The van der Waals surface area contributed by atoms with Crippen molar-refractivity contribution in [1.82, 2.24) is 9.80 Å². The summed E-state index contributed by atoms with van der Waals surface area (Å²) in [5.41, 5.74) is 6.23. The highest BCUT2D eigenvalue weighted by molar-refractivity contribution is 9.10. The highest BCUT2D eigenvalue weighted by Gasteiger charge is 2.16. The van der Waals surface area contributed by atoms with Crippen LogP contribution in [0, 0.1) is 0 Å². The monoisotopic (exact) mass is 536 g/mol. The summed E-state index contributed by atoms with van der Waals surface area (Å²) < 4.78 is 1.08. The van der Waals surface area contributed by atoms with Gasteiger partial charge in [-0.25, -0.2) is 0 Å². The Balaban J connectivity index is 0.00000210. The van der Waals surface area contributed by atoms with Crippen molar-refractivity contribution in [2.24, 2.45) is 0 Å². The zero-order chi connectivity index (χ0) is 25.5. The molecule has 0 bridgehead atoms. The highest BCUT2D eigenvalue weighted by atomic mass is 79.9. The first-order valence-corrected chi connectivity index (χ1v) is 13.3. The topological polar surface area (TPSA) is 26.7 Å². The smallest absolute Gasteiger partial charge is 0.0434 e. The number of aliphatic hydroxyl groups is 1. The molecule has 2 aromatic rings. The minimum absolute atomic E-state index is 0.190. The summed E-state index contributed by atoms with van der Waals surface area (Å²) in [6.07, 6.45) is 9.51. The fourth-order valence-corrected chi connectivity index (χ4v) is 4.54. The van der Waals surface area contributed by atoms with Crippen LogP contribution >= 0.6 is 15.9 Å². The summed E-state index contributed by atoms with van der Waals surface area (Å²) in [5.74, 6) is 0. The number of rotatable bonds is 10. The Bertz CT molecular complexity index is 955. The van der Waals surface area contributed by atoms with Gasteiger partial charge in [-0.15, -0.1) is 13.2 Å². The SMILES string of the molecule is C=C.CC/C=C(\C=C/CN1CCN(C)CC1)C(=C(/CCCO)c1ccccc1)/c1ccc(Br)cc1. The molecule has 0 spiro atoms. The average molecular weight is 538 g/mol. The Morgan fingerprint density at radius 1 is 0.971 bits per heavy atom. The fourth-order valence-electron chi connectivity index (χ4n) is 4.27. The van der Waals surface area contributed by atoms with Crippen molar-refractivity contribution in [2.75, 3.05) is 46.4 Å². The lowest BCUT2D eigenvalue weighted by atomic mass is 9.86. The van der Waals surface area contributed by atoms with Crippen molar-refractivity contribution in [1.29, 1.82) is 0 Å². The average Bonchev–Trinajstić information content (AvgIpc) is 2.90. The summed E-state index contributed by atoms with van der Waals surface area (Å²) >= 11 is 3.59. The van der Waals surface area contributed by atoms with Crippen molar-refractivity contribution in [3.05, 3.63) is 107 Å². The molecule has 0 unspecified atom stereocenters. The molecule has 4 heteroatoms. The number of halogens is 1.